The minimum Gasteiger partial charge on any atom is -0.0775 e. The van der Waals surface area contributed by atoms with E-state index >= 15 is 0 Å². The number of benzene rings is 2. The Bertz CT molecular complexity index is 316. The van der Waals surface area contributed by atoms with E-state index in [1.54, 1.807) is 0 Å². The van der Waals surface area contributed by atoms with Crippen LogP contribution in [0, 0.1) is 7.14 Å². The summed E-state index contributed by atoms with van der Waals surface area (Å²) in [6, 6.07) is 21.4. The summed E-state index contributed by atoms with van der Waals surface area (Å²) in [7, 11) is 0. The van der Waals surface area contributed by atoms with Gasteiger partial charge >= 0.3 is 0 Å². The van der Waals surface area contributed by atoms with Crippen LogP contribution in [0.5, 0.6) is 0 Å². The Hall–Kier alpha value is -0.830. The maximum Gasteiger partial charge on any atom is 0.00822 e. The van der Waals surface area contributed by atoms with Crippen LogP contribution in [0.4, 0.5) is 0 Å². The summed E-state index contributed by atoms with van der Waals surface area (Å²) < 4.78 is 2.96. The van der Waals surface area contributed by atoms with Gasteiger partial charge in [-0.1, -0.05) is 57.6 Å². The molecule has 0 heterocycles. The van der Waals surface area contributed by atoms with E-state index in [9.17, 15) is 0 Å². The van der Waals surface area contributed by atoms with Crippen molar-refractivity contribution in [1.29, 1.82) is 0 Å². The first-order valence-electron chi connectivity index (χ1n) is 4.20. The van der Waals surface area contributed by atoms with Gasteiger partial charge in [0.05, 0.1) is 0 Å². The lowest BCUT2D eigenvalue weighted by Crippen LogP contribution is -1.75. The molecular weight excluding hydrogens is 271 g/mol. The molecule has 0 aromatic heterocycles. The molecule has 65 valence electrons. The zero-order valence-corrected chi connectivity index (χ0v) is 9.31. The summed E-state index contributed by atoms with van der Waals surface area (Å²) in [5.41, 5.74) is 0. The lowest BCUT2D eigenvalue weighted by molar-refractivity contribution is 1.63. The van der Waals surface area contributed by atoms with Crippen molar-refractivity contribution >= 4 is 21.2 Å². The third-order valence-corrected chi connectivity index (χ3v) is 4.37. The van der Waals surface area contributed by atoms with Gasteiger partial charge in [-0.2, -0.15) is 0 Å². The minimum absolute atomic E-state index is 0.0287. The van der Waals surface area contributed by atoms with Crippen molar-refractivity contribution in [3.63, 3.8) is 0 Å². The Balaban J connectivity index is 2.16. The van der Waals surface area contributed by atoms with Gasteiger partial charge in [0.1, 0.15) is 0 Å². The van der Waals surface area contributed by atoms with Crippen LogP contribution in [0.25, 0.3) is 0 Å². The van der Waals surface area contributed by atoms with Gasteiger partial charge in [-0.3, -0.25) is 0 Å². The molecule has 0 atom stereocenters. The molecule has 0 aliphatic heterocycles. The van der Waals surface area contributed by atoms with Crippen LogP contribution in [-0.2, 0) is 0 Å². The van der Waals surface area contributed by atoms with Crippen molar-refractivity contribution in [2.45, 2.75) is 0 Å². The summed E-state index contributed by atoms with van der Waals surface area (Å²) in [4.78, 5) is 0. The molecule has 0 N–H and O–H groups in total. The van der Waals surface area contributed by atoms with E-state index in [1.807, 2.05) is 0 Å². The average Bonchev–Trinajstić information content (AvgIpc) is 2.21. The van der Waals surface area contributed by atoms with Crippen LogP contribution in [0.3, 0.4) is 0 Å². The minimum atomic E-state index is 0.0287. The first-order valence-corrected chi connectivity index (χ1v) is 6.36. The topological polar surface area (TPSA) is 0 Å². The maximum atomic E-state index is 2.21. The van der Waals surface area contributed by atoms with Crippen molar-refractivity contribution < 1.29 is 0 Å². The quantitative estimate of drug-likeness (QED) is 0.736. The predicted octanol–water partition coefficient (Wildman–Crippen LogP) is 3.70. The van der Waals surface area contributed by atoms with Gasteiger partial charge in [-0.15, -0.1) is 0 Å². The molecule has 0 saturated carbocycles. The molecule has 1 radical (unpaired) electrons. The second kappa shape index (κ2) is 4.42. The van der Waals surface area contributed by atoms with E-state index in [0.29, 0.717) is 0 Å². The molecule has 0 spiro atoms. The summed E-state index contributed by atoms with van der Waals surface area (Å²) in [5, 5.41) is 0. The highest BCUT2D eigenvalue weighted by atomic mass is 127. The summed E-state index contributed by atoms with van der Waals surface area (Å²) >= 11 is 0.0287. The number of hydrogen-bond donors (Lipinski definition) is 0. The van der Waals surface area contributed by atoms with E-state index < -0.39 is 0 Å². The van der Waals surface area contributed by atoms with Gasteiger partial charge in [0, 0.05) is 7.14 Å². The molecule has 0 amide bonds. The van der Waals surface area contributed by atoms with E-state index in [-0.39, 0.29) is 21.2 Å². The molecule has 0 aliphatic carbocycles. The molecule has 1 heteroatoms. The standard InChI is InChI=1S/C12H10I/c1-3-7-11(8-4-1)13-12-9-5-2-6-10-12/h1-10H. The second-order valence-electron chi connectivity index (χ2n) is 2.69. The van der Waals surface area contributed by atoms with E-state index in [1.165, 1.54) is 7.14 Å². The van der Waals surface area contributed by atoms with Gasteiger partial charge in [-0.25, -0.2) is 0 Å². The highest BCUT2D eigenvalue weighted by molar-refractivity contribution is 14.2. The summed E-state index contributed by atoms with van der Waals surface area (Å²) in [6.45, 7) is 0. The van der Waals surface area contributed by atoms with Gasteiger partial charge in [0.2, 0.25) is 0 Å². The van der Waals surface area contributed by atoms with E-state index in [2.05, 4.69) is 60.7 Å². The predicted molar refractivity (Wildman–Crippen MR) is 64.3 cm³/mol. The molecule has 2 aromatic rings. The van der Waals surface area contributed by atoms with Crippen molar-refractivity contribution in [2.24, 2.45) is 0 Å². The smallest absolute Gasteiger partial charge is 0.00822 e. The first kappa shape index (κ1) is 8.75. The van der Waals surface area contributed by atoms with Gasteiger partial charge < -0.3 is 0 Å². The molecule has 0 aliphatic rings. The Morgan fingerprint density at radius 1 is 0.538 bits per heavy atom. The zero-order valence-electron chi connectivity index (χ0n) is 7.15. The van der Waals surface area contributed by atoms with Crippen LogP contribution >= 0.6 is 21.2 Å². The largest absolute Gasteiger partial charge is 0.0775 e. The molecule has 0 nitrogen and oxygen atoms in total. The molecule has 13 heavy (non-hydrogen) atoms. The monoisotopic (exact) mass is 281 g/mol. The van der Waals surface area contributed by atoms with Crippen molar-refractivity contribution in [3.05, 3.63) is 67.8 Å². The zero-order chi connectivity index (χ0) is 8.93. The van der Waals surface area contributed by atoms with Gasteiger partial charge in [0.25, 0.3) is 0 Å². The van der Waals surface area contributed by atoms with Crippen LogP contribution in [-0.4, -0.2) is 0 Å². The number of rotatable bonds is 2. The van der Waals surface area contributed by atoms with Crippen molar-refractivity contribution in [3.8, 4) is 0 Å². The molecule has 2 aromatic carbocycles. The fraction of sp³-hybridized carbons (Fsp3) is 0. The first-order chi connectivity index (χ1) is 6.45. The SMILES string of the molecule is c1ccc([I]c2ccccc2)cc1. The number of halogens is 1. The highest BCUT2D eigenvalue weighted by Gasteiger charge is 1.93. The Kier molecular flexibility index (Phi) is 2.98. The Morgan fingerprint density at radius 3 is 1.31 bits per heavy atom. The van der Waals surface area contributed by atoms with Crippen LogP contribution in [0.15, 0.2) is 60.7 Å². The molecule has 2 rings (SSSR count). The lowest BCUT2D eigenvalue weighted by Gasteiger charge is -1.99. The third-order valence-electron chi connectivity index (χ3n) is 1.68. The fourth-order valence-corrected chi connectivity index (χ4v) is 3.35. The molecule has 0 saturated heterocycles. The van der Waals surface area contributed by atoms with Crippen LogP contribution < -0.4 is 0 Å². The summed E-state index contributed by atoms with van der Waals surface area (Å²) in [5.74, 6) is 0. The normalized spacial score (nSPS) is 9.85. The van der Waals surface area contributed by atoms with Crippen molar-refractivity contribution in [2.75, 3.05) is 0 Å². The number of hydrogen-bond acceptors (Lipinski definition) is 0. The Labute approximate surface area is 88.9 Å². The lowest BCUT2D eigenvalue weighted by atomic mass is 10.4. The van der Waals surface area contributed by atoms with Crippen molar-refractivity contribution in [1.82, 2.24) is 0 Å². The molecule has 0 fully saturated rings. The highest BCUT2D eigenvalue weighted by Crippen LogP contribution is 2.27. The van der Waals surface area contributed by atoms with E-state index in [0.717, 1.165) is 0 Å². The molecule has 0 bridgehead atoms. The van der Waals surface area contributed by atoms with Crippen LogP contribution in [0.2, 0.25) is 0 Å². The van der Waals surface area contributed by atoms with Gasteiger partial charge in [0.15, 0.2) is 0 Å². The second-order valence-corrected chi connectivity index (χ2v) is 5.72. The Morgan fingerprint density at radius 2 is 0.923 bits per heavy atom. The fourth-order valence-electron chi connectivity index (χ4n) is 1.08. The van der Waals surface area contributed by atoms with E-state index in [4.69, 9.17) is 0 Å². The molecular formula is C12H10I. The average molecular weight is 281 g/mol. The summed E-state index contributed by atoms with van der Waals surface area (Å²) in [6.07, 6.45) is 0. The maximum absolute atomic E-state index is 2.21. The molecule has 0 unspecified atom stereocenters. The van der Waals surface area contributed by atoms with Gasteiger partial charge in [-0.05, 0) is 24.3 Å². The third kappa shape index (κ3) is 2.56. The van der Waals surface area contributed by atoms with Crippen LogP contribution in [0.1, 0.15) is 0 Å².